The van der Waals surface area contributed by atoms with Crippen LogP contribution in [-0.4, -0.2) is 36.4 Å². The van der Waals surface area contributed by atoms with E-state index in [1.165, 1.54) is 0 Å². The molecule has 0 aliphatic carbocycles. The highest BCUT2D eigenvalue weighted by molar-refractivity contribution is 5.47. The number of aliphatic hydroxyl groups is 2. The van der Waals surface area contributed by atoms with E-state index in [2.05, 4.69) is 0 Å². The number of benzene rings is 2. The average molecular weight is 386 g/mol. The van der Waals surface area contributed by atoms with Gasteiger partial charge in [-0.2, -0.15) is 0 Å². The summed E-state index contributed by atoms with van der Waals surface area (Å²) in [6.45, 7) is 0.355. The summed E-state index contributed by atoms with van der Waals surface area (Å²) in [5.74, 6) is 1.73. The van der Waals surface area contributed by atoms with E-state index in [0.717, 1.165) is 11.1 Å². The Morgan fingerprint density at radius 2 is 1.04 bits per heavy atom. The summed E-state index contributed by atoms with van der Waals surface area (Å²) >= 11 is 0. The predicted octanol–water partition coefficient (Wildman–Crippen LogP) is 1.86. The van der Waals surface area contributed by atoms with Gasteiger partial charge in [-0.05, 0) is 35.4 Å². The molecule has 2 saturated heterocycles. The lowest BCUT2D eigenvalue weighted by atomic mass is 9.83. The Bertz CT molecular complexity index is 855. The molecule has 6 unspecified atom stereocenters. The van der Waals surface area contributed by atoms with E-state index in [1.807, 2.05) is 24.3 Å². The lowest BCUT2D eigenvalue weighted by molar-refractivity contribution is -0.173. The number of hydrogen-bond donors (Lipinski definition) is 2. The molecule has 0 saturated carbocycles. The molecular weight excluding hydrogens is 368 g/mol. The van der Waals surface area contributed by atoms with Crippen LogP contribution in [0.3, 0.4) is 0 Å². The molecule has 2 fully saturated rings. The summed E-state index contributed by atoms with van der Waals surface area (Å²) < 4.78 is 33.3. The summed E-state index contributed by atoms with van der Waals surface area (Å²) in [5.41, 5.74) is 1.59. The topological polar surface area (TPSA) is 95.8 Å². The molecule has 2 aromatic rings. The van der Waals surface area contributed by atoms with Crippen molar-refractivity contribution >= 4 is 0 Å². The molecule has 8 nitrogen and oxygen atoms in total. The van der Waals surface area contributed by atoms with Crippen LogP contribution in [0.2, 0.25) is 0 Å². The maximum absolute atomic E-state index is 10.6. The van der Waals surface area contributed by atoms with Gasteiger partial charge < -0.3 is 38.6 Å². The van der Waals surface area contributed by atoms with Crippen molar-refractivity contribution in [2.24, 2.45) is 11.8 Å². The summed E-state index contributed by atoms with van der Waals surface area (Å²) in [6, 6.07) is 11.0. The van der Waals surface area contributed by atoms with Crippen LogP contribution in [0.1, 0.15) is 23.3 Å². The zero-order valence-electron chi connectivity index (χ0n) is 14.7. The number of ether oxygens (including phenoxy) is 6. The van der Waals surface area contributed by atoms with Gasteiger partial charge in [0.2, 0.25) is 13.6 Å². The molecule has 2 N–H and O–H groups in total. The van der Waals surface area contributed by atoms with Crippen LogP contribution in [0, 0.1) is 11.8 Å². The first kappa shape index (κ1) is 16.4. The second-order valence-corrected chi connectivity index (χ2v) is 7.27. The molecule has 6 atom stereocenters. The van der Waals surface area contributed by atoms with Gasteiger partial charge in [-0.25, -0.2) is 0 Å². The van der Waals surface area contributed by atoms with Crippen molar-refractivity contribution < 1.29 is 38.6 Å². The van der Waals surface area contributed by atoms with Crippen molar-refractivity contribution in [1.82, 2.24) is 0 Å². The third-order valence-electron chi connectivity index (χ3n) is 5.82. The van der Waals surface area contributed by atoms with Crippen molar-refractivity contribution in [3.63, 3.8) is 0 Å². The van der Waals surface area contributed by atoms with Crippen LogP contribution in [0.5, 0.6) is 23.0 Å². The van der Waals surface area contributed by atoms with E-state index < -0.39 is 36.6 Å². The van der Waals surface area contributed by atoms with Crippen molar-refractivity contribution in [1.29, 1.82) is 0 Å². The fourth-order valence-electron chi connectivity index (χ4n) is 4.53. The minimum atomic E-state index is -1.08. The highest BCUT2D eigenvalue weighted by Crippen LogP contribution is 2.56. The maximum Gasteiger partial charge on any atom is 0.231 e. The van der Waals surface area contributed by atoms with Crippen molar-refractivity contribution in [3.05, 3.63) is 47.5 Å². The second kappa shape index (κ2) is 5.99. The zero-order valence-corrected chi connectivity index (χ0v) is 14.7. The molecule has 4 heterocycles. The lowest BCUT2D eigenvalue weighted by Crippen LogP contribution is -2.23. The van der Waals surface area contributed by atoms with Gasteiger partial charge in [0.25, 0.3) is 0 Å². The van der Waals surface area contributed by atoms with E-state index >= 15 is 0 Å². The van der Waals surface area contributed by atoms with Gasteiger partial charge in [0, 0.05) is 0 Å². The highest BCUT2D eigenvalue weighted by Gasteiger charge is 2.57. The molecule has 0 bridgehead atoms. The SMILES string of the molecule is OC1OC(c2ccc3c(c2)OCO3)C2C(O)OC(c3ccc4c(c3)OCO4)C12. The first-order valence-electron chi connectivity index (χ1n) is 9.15. The Morgan fingerprint density at radius 3 is 1.50 bits per heavy atom. The predicted molar refractivity (Wildman–Crippen MR) is 91.8 cm³/mol. The van der Waals surface area contributed by atoms with E-state index in [1.54, 1.807) is 12.1 Å². The number of aliphatic hydroxyl groups excluding tert-OH is 2. The quantitative estimate of drug-likeness (QED) is 0.808. The number of hydrogen-bond acceptors (Lipinski definition) is 8. The molecule has 8 heteroatoms. The van der Waals surface area contributed by atoms with Gasteiger partial charge in [-0.1, -0.05) is 12.1 Å². The van der Waals surface area contributed by atoms with Gasteiger partial charge in [0.1, 0.15) is 0 Å². The number of rotatable bonds is 2. The summed E-state index contributed by atoms with van der Waals surface area (Å²) in [4.78, 5) is 0. The van der Waals surface area contributed by atoms with Gasteiger partial charge >= 0.3 is 0 Å². The van der Waals surface area contributed by atoms with Gasteiger partial charge in [-0.15, -0.1) is 0 Å². The molecule has 28 heavy (non-hydrogen) atoms. The van der Waals surface area contributed by atoms with Crippen molar-refractivity contribution in [3.8, 4) is 23.0 Å². The first-order valence-corrected chi connectivity index (χ1v) is 9.15. The molecule has 0 aromatic heterocycles. The fourth-order valence-corrected chi connectivity index (χ4v) is 4.53. The molecular formula is C20H18O8. The van der Waals surface area contributed by atoms with E-state index in [4.69, 9.17) is 28.4 Å². The van der Waals surface area contributed by atoms with Crippen molar-refractivity contribution in [2.75, 3.05) is 13.6 Å². The standard InChI is InChI=1S/C20H18O8/c21-19-15-16(18(28-19)10-2-4-12-14(6-10)26-8-24-12)20(22)27-17(15)9-1-3-11-13(5-9)25-7-23-11/h1-6,15-22H,7-8H2. The number of fused-ring (bicyclic) bond motifs is 3. The van der Waals surface area contributed by atoms with Crippen molar-refractivity contribution in [2.45, 2.75) is 24.8 Å². The normalized spacial score (nSPS) is 34.6. The Morgan fingerprint density at radius 1 is 0.607 bits per heavy atom. The van der Waals surface area contributed by atoms with Gasteiger partial charge in [-0.3, -0.25) is 0 Å². The van der Waals surface area contributed by atoms with Crippen LogP contribution >= 0.6 is 0 Å². The van der Waals surface area contributed by atoms with Crippen LogP contribution in [0.25, 0.3) is 0 Å². The molecule has 6 rings (SSSR count). The first-order chi connectivity index (χ1) is 13.7. The van der Waals surface area contributed by atoms with Gasteiger partial charge in [0.05, 0.1) is 24.0 Å². The molecule has 2 aromatic carbocycles. The molecule has 0 amide bonds. The Kier molecular flexibility index (Phi) is 3.51. The highest BCUT2D eigenvalue weighted by atomic mass is 16.7. The smallest absolute Gasteiger partial charge is 0.231 e. The minimum absolute atomic E-state index is 0.177. The Hall–Kier alpha value is -2.52. The lowest BCUT2D eigenvalue weighted by Gasteiger charge is -2.20. The molecule has 0 spiro atoms. The largest absolute Gasteiger partial charge is 0.454 e. The van der Waals surface area contributed by atoms with Crippen LogP contribution in [0.4, 0.5) is 0 Å². The summed E-state index contributed by atoms with van der Waals surface area (Å²) in [5, 5.41) is 21.3. The minimum Gasteiger partial charge on any atom is -0.454 e. The molecule has 4 aliphatic heterocycles. The van der Waals surface area contributed by atoms with E-state index in [9.17, 15) is 10.2 Å². The Balaban J connectivity index is 1.33. The Labute approximate surface area is 160 Å². The summed E-state index contributed by atoms with van der Waals surface area (Å²) in [6.07, 6.45) is -3.20. The zero-order chi connectivity index (χ0) is 18.8. The molecule has 0 radical (unpaired) electrons. The molecule has 4 aliphatic rings. The van der Waals surface area contributed by atoms with Crippen LogP contribution in [-0.2, 0) is 9.47 Å². The third-order valence-corrected chi connectivity index (χ3v) is 5.82. The monoisotopic (exact) mass is 386 g/mol. The average Bonchev–Trinajstić information content (AvgIpc) is 3.46. The molecule has 146 valence electrons. The van der Waals surface area contributed by atoms with Gasteiger partial charge in [0.15, 0.2) is 35.6 Å². The van der Waals surface area contributed by atoms with Crippen LogP contribution < -0.4 is 18.9 Å². The second-order valence-electron chi connectivity index (χ2n) is 7.27. The maximum atomic E-state index is 10.6. The van der Waals surface area contributed by atoms with E-state index in [-0.39, 0.29) is 13.6 Å². The fraction of sp³-hybridized carbons (Fsp3) is 0.400. The van der Waals surface area contributed by atoms with Crippen LogP contribution in [0.15, 0.2) is 36.4 Å². The third kappa shape index (κ3) is 2.32. The summed E-state index contributed by atoms with van der Waals surface area (Å²) in [7, 11) is 0. The van der Waals surface area contributed by atoms with E-state index in [0.29, 0.717) is 23.0 Å².